The lowest BCUT2D eigenvalue weighted by molar-refractivity contribution is 1.07. The van der Waals surface area contributed by atoms with Crippen LogP contribution >= 0.6 is 0 Å². The summed E-state index contributed by atoms with van der Waals surface area (Å²) in [6.45, 7) is 0. The molecule has 0 aliphatic heterocycles. The minimum atomic E-state index is 0.623. The Labute approximate surface area is 305 Å². The Bertz CT molecular complexity index is 3230. The summed E-state index contributed by atoms with van der Waals surface area (Å²) in [5, 5.41) is 12.0. The molecule has 53 heavy (non-hydrogen) atoms. The van der Waals surface area contributed by atoms with E-state index in [2.05, 4.69) is 168 Å². The SMILES string of the molecule is c1ccc(-c2nc(-c3ccccc3-n3c4ccccc4c4ccc5ccccc5c43)nc(-c3cc4ccc5ccccc5c4c4ccccc34)n2)cc1. The van der Waals surface area contributed by atoms with Crippen LogP contribution in [0.1, 0.15) is 0 Å². The number of fused-ring (bicyclic) bond motifs is 10. The van der Waals surface area contributed by atoms with Crippen LogP contribution in [0.5, 0.6) is 0 Å². The van der Waals surface area contributed by atoms with Gasteiger partial charge in [0, 0.05) is 32.8 Å². The number of rotatable bonds is 4. The Morgan fingerprint density at radius 1 is 0.340 bits per heavy atom. The quantitative estimate of drug-likeness (QED) is 0.175. The number of aromatic nitrogens is 4. The van der Waals surface area contributed by atoms with Gasteiger partial charge < -0.3 is 4.57 Å². The van der Waals surface area contributed by atoms with Gasteiger partial charge in [-0.25, -0.2) is 15.0 Å². The van der Waals surface area contributed by atoms with Gasteiger partial charge in [0.1, 0.15) is 0 Å². The molecule has 4 heteroatoms. The van der Waals surface area contributed by atoms with E-state index in [0.717, 1.165) is 38.7 Å². The summed E-state index contributed by atoms with van der Waals surface area (Å²) in [4.78, 5) is 15.8. The first-order chi connectivity index (χ1) is 26.3. The monoisotopic (exact) mass is 674 g/mol. The number of hydrogen-bond acceptors (Lipinski definition) is 3. The van der Waals surface area contributed by atoms with Gasteiger partial charge in [0.05, 0.1) is 16.7 Å². The normalized spacial score (nSPS) is 11.8. The van der Waals surface area contributed by atoms with E-state index in [9.17, 15) is 0 Å². The van der Waals surface area contributed by atoms with Crippen LogP contribution < -0.4 is 0 Å². The van der Waals surface area contributed by atoms with Crippen molar-refractivity contribution in [3.8, 4) is 39.9 Å². The molecule has 11 aromatic rings. The van der Waals surface area contributed by atoms with Crippen molar-refractivity contribution in [2.75, 3.05) is 0 Å². The Morgan fingerprint density at radius 3 is 1.74 bits per heavy atom. The third-order valence-electron chi connectivity index (χ3n) is 10.6. The topological polar surface area (TPSA) is 43.6 Å². The van der Waals surface area contributed by atoms with Crippen LogP contribution in [0.4, 0.5) is 0 Å². The van der Waals surface area contributed by atoms with Gasteiger partial charge in [0.15, 0.2) is 17.5 Å². The van der Waals surface area contributed by atoms with E-state index in [1.807, 2.05) is 18.2 Å². The zero-order valence-corrected chi connectivity index (χ0v) is 28.6. The molecule has 0 aliphatic rings. The van der Waals surface area contributed by atoms with Gasteiger partial charge in [-0.3, -0.25) is 0 Å². The highest BCUT2D eigenvalue weighted by Gasteiger charge is 2.21. The summed E-state index contributed by atoms with van der Waals surface area (Å²) >= 11 is 0. The molecular formula is C49H30N4. The van der Waals surface area contributed by atoms with E-state index >= 15 is 0 Å². The van der Waals surface area contributed by atoms with Gasteiger partial charge in [0.25, 0.3) is 0 Å². The standard InChI is InChI=1S/C49H30N4/c1-2-16-33(17-3-1)47-50-48(52-49(51-47)42-30-34-27-26-31-14-4-6-18-35(31)45(34)39-22-9-8-20-37(39)42)41-23-11-13-25-44(41)53-43-24-12-10-21-38(43)40-29-28-32-15-5-7-19-36(32)46(40)53/h1-30H. The first-order valence-electron chi connectivity index (χ1n) is 18.0. The van der Waals surface area contributed by atoms with E-state index in [1.54, 1.807) is 0 Å². The van der Waals surface area contributed by atoms with E-state index in [0.29, 0.717) is 17.5 Å². The maximum atomic E-state index is 5.38. The van der Waals surface area contributed by atoms with Gasteiger partial charge in [-0.1, -0.05) is 158 Å². The van der Waals surface area contributed by atoms with Crippen molar-refractivity contribution in [1.82, 2.24) is 19.5 Å². The number of benzene rings is 9. The van der Waals surface area contributed by atoms with Crippen LogP contribution in [-0.4, -0.2) is 19.5 Å². The predicted octanol–water partition coefficient (Wildman–Crippen LogP) is 12.6. The van der Waals surface area contributed by atoms with E-state index in [1.165, 1.54) is 48.6 Å². The summed E-state index contributed by atoms with van der Waals surface area (Å²) in [5.74, 6) is 1.90. The highest BCUT2D eigenvalue weighted by Crippen LogP contribution is 2.41. The van der Waals surface area contributed by atoms with E-state index in [4.69, 9.17) is 15.0 Å². The van der Waals surface area contributed by atoms with Gasteiger partial charge in [-0.15, -0.1) is 0 Å². The second-order valence-corrected chi connectivity index (χ2v) is 13.6. The van der Waals surface area contributed by atoms with Crippen molar-refractivity contribution < 1.29 is 0 Å². The summed E-state index contributed by atoms with van der Waals surface area (Å²) in [7, 11) is 0. The molecule has 0 spiro atoms. The lowest BCUT2D eigenvalue weighted by Crippen LogP contribution is -2.04. The average molecular weight is 675 g/mol. The molecule has 11 rings (SSSR count). The fourth-order valence-corrected chi connectivity index (χ4v) is 8.23. The molecule has 0 saturated heterocycles. The second-order valence-electron chi connectivity index (χ2n) is 13.6. The molecule has 0 aliphatic carbocycles. The van der Waals surface area contributed by atoms with Crippen molar-refractivity contribution in [2.24, 2.45) is 0 Å². The molecule has 0 radical (unpaired) electrons. The van der Waals surface area contributed by atoms with Crippen molar-refractivity contribution >= 4 is 64.9 Å². The molecular weight excluding hydrogens is 645 g/mol. The Hall–Kier alpha value is -7.17. The first kappa shape index (κ1) is 29.5. The Balaban J connectivity index is 1.22. The second kappa shape index (κ2) is 11.7. The molecule has 0 atom stereocenters. The third kappa shape index (κ3) is 4.59. The zero-order valence-electron chi connectivity index (χ0n) is 28.6. The number of hydrogen-bond donors (Lipinski definition) is 0. The fraction of sp³-hybridized carbons (Fsp3) is 0. The summed E-state index contributed by atoms with van der Waals surface area (Å²) < 4.78 is 2.39. The maximum absolute atomic E-state index is 5.38. The number of para-hydroxylation sites is 2. The molecule has 246 valence electrons. The molecule has 0 saturated carbocycles. The predicted molar refractivity (Wildman–Crippen MR) is 220 cm³/mol. The molecule has 2 heterocycles. The molecule has 0 fully saturated rings. The molecule has 9 aromatic carbocycles. The fourth-order valence-electron chi connectivity index (χ4n) is 8.23. The third-order valence-corrected chi connectivity index (χ3v) is 10.6. The van der Waals surface area contributed by atoms with Crippen molar-refractivity contribution in [1.29, 1.82) is 0 Å². The van der Waals surface area contributed by atoms with Gasteiger partial charge >= 0.3 is 0 Å². The highest BCUT2D eigenvalue weighted by molar-refractivity contribution is 6.23. The highest BCUT2D eigenvalue weighted by atomic mass is 15.1. The largest absolute Gasteiger partial charge is 0.308 e. The van der Waals surface area contributed by atoms with Gasteiger partial charge in [0.2, 0.25) is 0 Å². The Morgan fingerprint density at radius 2 is 0.906 bits per heavy atom. The van der Waals surface area contributed by atoms with Crippen molar-refractivity contribution in [2.45, 2.75) is 0 Å². The van der Waals surface area contributed by atoms with Crippen LogP contribution in [0, 0.1) is 0 Å². The van der Waals surface area contributed by atoms with Crippen LogP contribution in [0.15, 0.2) is 182 Å². The molecule has 0 amide bonds. The van der Waals surface area contributed by atoms with Crippen molar-refractivity contribution in [3.05, 3.63) is 182 Å². The van der Waals surface area contributed by atoms with Gasteiger partial charge in [-0.05, 0) is 62.0 Å². The molecule has 0 bridgehead atoms. The first-order valence-corrected chi connectivity index (χ1v) is 18.0. The van der Waals surface area contributed by atoms with E-state index in [-0.39, 0.29) is 0 Å². The maximum Gasteiger partial charge on any atom is 0.166 e. The lowest BCUT2D eigenvalue weighted by atomic mass is 9.93. The smallest absolute Gasteiger partial charge is 0.166 e. The Kier molecular flexibility index (Phi) is 6.52. The summed E-state index contributed by atoms with van der Waals surface area (Å²) in [6, 6.07) is 64.4. The molecule has 0 N–H and O–H groups in total. The van der Waals surface area contributed by atoms with Gasteiger partial charge in [-0.2, -0.15) is 0 Å². The molecule has 2 aromatic heterocycles. The van der Waals surface area contributed by atoms with E-state index < -0.39 is 0 Å². The zero-order chi connectivity index (χ0) is 34.9. The molecule has 0 unspecified atom stereocenters. The molecule has 4 nitrogen and oxygen atoms in total. The van der Waals surface area contributed by atoms with Crippen LogP contribution in [0.25, 0.3) is 105 Å². The average Bonchev–Trinajstić information content (AvgIpc) is 3.58. The lowest BCUT2D eigenvalue weighted by Gasteiger charge is -2.16. The summed E-state index contributed by atoms with van der Waals surface area (Å²) in [5.41, 5.74) is 6.16. The summed E-state index contributed by atoms with van der Waals surface area (Å²) in [6.07, 6.45) is 0. The van der Waals surface area contributed by atoms with Crippen LogP contribution in [-0.2, 0) is 0 Å². The minimum Gasteiger partial charge on any atom is -0.308 e. The minimum absolute atomic E-state index is 0.623. The van der Waals surface area contributed by atoms with Crippen molar-refractivity contribution in [3.63, 3.8) is 0 Å². The van der Waals surface area contributed by atoms with Crippen LogP contribution in [0.2, 0.25) is 0 Å². The van der Waals surface area contributed by atoms with Crippen LogP contribution in [0.3, 0.4) is 0 Å². The number of nitrogens with zero attached hydrogens (tertiary/aromatic N) is 4.